The van der Waals surface area contributed by atoms with Crippen LogP contribution in [-0.2, 0) is 6.54 Å². The van der Waals surface area contributed by atoms with Gasteiger partial charge in [0.1, 0.15) is 0 Å². The summed E-state index contributed by atoms with van der Waals surface area (Å²) in [6.45, 7) is 2.60. The van der Waals surface area contributed by atoms with Crippen molar-refractivity contribution in [3.05, 3.63) is 17.8 Å². The molecule has 1 atom stereocenters. The molecule has 0 aliphatic carbocycles. The SMILES string of the molecule is CN(C)CC1CCCN1c1ccc(CN)nn1. The van der Waals surface area contributed by atoms with Crippen molar-refractivity contribution in [2.75, 3.05) is 32.1 Å². The number of nitrogens with zero attached hydrogens (tertiary/aromatic N) is 4. The van der Waals surface area contributed by atoms with Crippen LogP contribution in [0.15, 0.2) is 12.1 Å². The number of nitrogens with two attached hydrogens (primary N) is 1. The summed E-state index contributed by atoms with van der Waals surface area (Å²) in [5.74, 6) is 0.978. The lowest BCUT2D eigenvalue weighted by Crippen LogP contribution is -2.38. The van der Waals surface area contributed by atoms with Crippen molar-refractivity contribution in [1.82, 2.24) is 15.1 Å². The lowest BCUT2D eigenvalue weighted by Gasteiger charge is -2.27. The quantitative estimate of drug-likeness (QED) is 0.822. The molecule has 94 valence electrons. The second-order valence-corrected chi connectivity index (χ2v) is 4.84. The van der Waals surface area contributed by atoms with Crippen LogP contribution in [0.3, 0.4) is 0 Å². The van der Waals surface area contributed by atoms with Crippen molar-refractivity contribution in [2.24, 2.45) is 5.73 Å². The molecular formula is C12H21N5. The normalized spacial score (nSPS) is 20.2. The van der Waals surface area contributed by atoms with E-state index in [2.05, 4.69) is 34.1 Å². The zero-order valence-corrected chi connectivity index (χ0v) is 10.6. The van der Waals surface area contributed by atoms with Crippen molar-refractivity contribution in [2.45, 2.75) is 25.4 Å². The standard InChI is InChI=1S/C12H21N5/c1-16(2)9-11-4-3-7-17(11)12-6-5-10(8-13)14-15-12/h5-6,11H,3-4,7-9,13H2,1-2H3. The zero-order chi connectivity index (χ0) is 12.3. The Bertz CT molecular complexity index is 348. The van der Waals surface area contributed by atoms with Gasteiger partial charge >= 0.3 is 0 Å². The maximum atomic E-state index is 5.52. The topological polar surface area (TPSA) is 58.3 Å². The van der Waals surface area contributed by atoms with E-state index in [0.717, 1.165) is 24.6 Å². The molecule has 1 aliphatic heterocycles. The van der Waals surface area contributed by atoms with Crippen molar-refractivity contribution in [3.63, 3.8) is 0 Å². The average molecular weight is 235 g/mol. The van der Waals surface area contributed by atoms with Crippen LogP contribution < -0.4 is 10.6 Å². The molecule has 1 aliphatic rings. The molecule has 1 aromatic heterocycles. The van der Waals surface area contributed by atoms with Gasteiger partial charge in [0.05, 0.1) is 5.69 Å². The Morgan fingerprint density at radius 2 is 2.24 bits per heavy atom. The van der Waals surface area contributed by atoms with E-state index in [-0.39, 0.29) is 0 Å². The molecule has 17 heavy (non-hydrogen) atoms. The van der Waals surface area contributed by atoms with Crippen LogP contribution in [0.25, 0.3) is 0 Å². The van der Waals surface area contributed by atoms with Gasteiger partial charge in [-0.05, 0) is 39.1 Å². The third kappa shape index (κ3) is 2.92. The summed E-state index contributed by atoms with van der Waals surface area (Å²) in [5, 5.41) is 8.39. The lowest BCUT2D eigenvalue weighted by molar-refractivity contribution is 0.371. The molecule has 0 saturated carbocycles. The van der Waals surface area contributed by atoms with E-state index >= 15 is 0 Å². The number of aromatic nitrogens is 2. The molecule has 5 heteroatoms. The van der Waals surface area contributed by atoms with E-state index in [9.17, 15) is 0 Å². The first-order valence-corrected chi connectivity index (χ1v) is 6.14. The van der Waals surface area contributed by atoms with E-state index in [0.29, 0.717) is 12.6 Å². The largest absolute Gasteiger partial charge is 0.351 e. The van der Waals surface area contributed by atoms with Crippen LogP contribution in [0.5, 0.6) is 0 Å². The van der Waals surface area contributed by atoms with Crippen LogP contribution in [0.2, 0.25) is 0 Å². The highest BCUT2D eigenvalue weighted by atomic mass is 15.3. The predicted octanol–water partition coefficient (Wildman–Crippen LogP) is 0.466. The molecule has 2 heterocycles. The predicted molar refractivity (Wildman–Crippen MR) is 68.8 cm³/mol. The summed E-state index contributed by atoms with van der Waals surface area (Å²) < 4.78 is 0. The van der Waals surface area contributed by atoms with Crippen molar-refractivity contribution >= 4 is 5.82 Å². The summed E-state index contributed by atoms with van der Waals surface area (Å²) in [6.07, 6.45) is 2.47. The van der Waals surface area contributed by atoms with Gasteiger partial charge in [0, 0.05) is 25.7 Å². The van der Waals surface area contributed by atoms with E-state index in [1.807, 2.05) is 12.1 Å². The number of hydrogen-bond acceptors (Lipinski definition) is 5. The van der Waals surface area contributed by atoms with Gasteiger partial charge in [-0.1, -0.05) is 0 Å². The smallest absolute Gasteiger partial charge is 0.151 e. The third-order valence-electron chi connectivity index (χ3n) is 3.16. The number of hydrogen-bond donors (Lipinski definition) is 1. The molecule has 0 aromatic carbocycles. The van der Waals surface area contributed by atoms with Crippen LogP contribution in [0.1, 0.15) is 18.5 Å². The molecule has 0 amide bonds. The van der Waals surface area contributed by atoms with Gasteiger partial charge in [-0.2, -0.15) is 5.10 Å². The summed E-state index contributed by atoms with van der Waals surface area (Å²) in [7, 11) is 4.22. The second-order valence-electron chi connectivity index (χ2n) is 4.84. The van der Waals surface area contributed by atoms with Gasteiger partial charge in [-0.15, -0.1) is 5.10 Å². The maximum absolute atomic E-state index is 5.52. The Hall–Kier alpha value is -1.20. The fraction of sp³-hybridized carbons (Fsp3) is 0.667. The molecule has 2 N–H and O–H groups in total. The van der Waals surface area contributed by atoms with Crippen LogP contribution in [-0.4, -0.2) is 48.3 Å². The minimum absolute atomic E-state index is 0.453. The lowest BCUT2D eigenvalue weighted by atomic mass is 10.2. The fourth-order valence-electron chi connectivity index (χ4n) is 2.36. The molecule has 0 spiro atoms. The maximum Gasteiger partial charge on any atom is 0.151 e. The molecule has 0 bridgehead atoms. The van der Waals surface area contributed by atoms with Gasteiger partial charge in [0.25, 0.3) is 0 Å². The Morgan fingerprint density at radius 1 is 1.41 bits per heavy atom. The zero-order valence-electron chi connectivity index (χ0n) is 10.6. The van der Waals surface area contributed by atoms with Gasteiger partial charge in [-0.3, -0.25) is 0 Å². The first-order valence-electron chi connectivity index (χ1n) is 6.14. The molecule has 2 rings (SSSR count). The molecule has 0 radical (unpaired) electrons. The van der Waals surface area contributed by atoms with Crippen molar-refractivity contribution < 1.29 is 0 Å². The number of anilines is 1. The third-order valence-corrected chi connectivity index (χ3v) is 3.16. The monoisotopic (exact) mass is 235 g/mol. The first-order chi connectivity index (χ1) is 8.20. The highest BCUT2D eigenvalue weighted by Gasteiger charge is 2.26. The highest BCUT2D eigenvalue weighted by molar-refractivity contribution is 5.40. The fourth-order valence-corrected chi connectivity index (χ4v) is 2.36. The summed E-state index contributed by atoms with van der Waals surface area (Å²) in [4.78, 5) is 4.58. The summed E-state index contributed by atoms with van der Waals surface area (Å²) in [5.41, 5.74) is 6.37. The van der Waals surface area contributed by atoms with E-state index in [1.165, 1.54) is 12.8 Å². The van der Waals surface area contributed by atoms with Crippen LogP contribution >= 0.6 is 0 Å². The minimum Gasteiger partial charge on any atom is -0.351 e. The van der Waals surface area contributed by atoms with Crippen LogP contribution in [0, 0.1) is 0 Å². The van der Waals surface area contributed by atoms with Crippen molar-refractivity contribution in [1.29, 1.82) is 0 Å². The molecule has 1 fully saturated rings. The molecule has 1 unspecified atom stereocenters. The van der Waals surface area contributed by atoms with Gasteiger partial charge in [0.15, 0.2) is 5.82 Å². The average Bonchev–Trinajstić information content (AvgIpc) is 2.76. The number of rotatable bonds is 4. The molecule has 5 nitrogen and oxygen atoms in total. The van der Waals surface area contributed by atoms with Gasteiger partial charge in [-0.25, -0.2) is 0 Å². The summed E-state index contributed by atoms with van der Waals surface area (Å²) >= 11 is 0. The van der Waals surface area contributed by atoms with Gasteiger partial charge in [0.2, 0.25) is 0 Å². The number of likely N-dealkylation sites (N-methyl/N-ethyl adjacent to an activating group) is 1. The minimum atomic E-state index is 0.453. The van der Waals surface area contributed by atoms with E-state index < -0.39 is 0 Å². The Balaban J connectivity index is 2.08. The summed E-state index contributed by atoms with van der Waals surface area (Å²) in [6, 6.07) is 4.55. The second kappa shape index (κ2) is 5.42. The highest BCUT2D eigenvalue weighted by Crippen LogP contribution is 2.23. The Morgan fingerprint density at radius 3 is 2.82 bits per heavy atom. The Labute approximate surface area is 103 Å². The van der Waals surface area contributed by atoms with Crippen LogP contribution in [0.4, 0.5) is 5.82 Å². The van der Waals surface area contributed by atoms with Crippen molar-refractivity contribution in [3.8, 4) is 0 Å². The molecular weight excluding hydrogens is 214 g/mol. The molecule has 1 aromatic rings. The first kappa shape index (κ1) is 12.3. The Kier molecular flexibility index (Phi) is 3.91. The van der Waals surface area contributed by atoms with E-state index in [4.69, 9.17) is 5.73 Å². The molecule has 1 saturated heterocycles. The van der Waals surface area contributed by atoms with Gasteiger partial charge < -0.3 is 15.5 Å². The van der Waals surface area contributed by atoms with E-state index in [1.54, 1.807) is 0 Å².